The van der Waals surface area contributed by atoms with Gasteiger partial charge in [0.25, 0.3) is 0 Å². The van der Waals surface area contributed by atoms with Crippen molar-refractivity contribution in [2.75, 3.05) is 118 Å². The first-order valence-electron chi connectivity index (χ1n) is 14.1. The van der Waals surface area contributed by atoms with Gasteiger partial charge in [0.15, 0.2) is 6.54 Å². The summed E-state index contributed by atoms with van der Waals surface area (Å²) in [4.78, 5) is 71.3. The van der Waals surface area contributed by atoms with Gasteiger partial charge in [-0.05, 0) is 0 Å². The zero-order valence-electron chi connectivity index (χ0n) is 27.4. The van der Waals surface area contributed by atoms with E-state index < -0.39 is 27.1 Å². The van der Waals surface area contributed by atoms with E-state index in [0.717, 1.165) is 0 Å². The molecule has 28 nitrogen and oxygen atoms in total. The number of nitrogens with one attached hydrogen (secondary N) is 2. The fraction of sp³-hybridized carbons (Fsp3) is 0.818. The number of ether oxygens (including phenoxy) is 2. The summed E-state index contributed by atoms with van der Waals surface area (Å²) in [7, 11) is 0. The molecule has 0 aromatic rings. The van der Waals surface area contributed by atoms with Gasteiger partial charge in [-0.3, -0.25) is 39.0 Å². The first kappa shape index (κ1) is 57.0. The van der Waals surface area contributed by atoms with Crippen LogP contribution in [0.1, 0.15) is 0 Å². The molecule has 0 aromatic heterocycles. The van der Waals surface area contributed by atoms with Crippen LogP contribution in [-0.4, -0.2) is 187 Å². The fourth-order valence-corrected chi connectivity index (χ4v) is 4.02. The van der Waals surface area contributed by atoms with Gasteiger partial charge in [-0.2, -0.15) is 0 Å². The average Bonchev–Trinajstić information content (AvgIpc) is 2.93. The number of carbonyl (C=O) groups excluding carboxylic acids is 3. The molecule has 1 radical (unpaired) electrons. The Hall–Kier alpha value is -3.32. The summed E-state index contributed by atoms with van der Waals surface area (Å²) < 4.78 is 10.9. The minimum atomic E-state index is -1.75. The van der Waals surface area contributed by atoms with Crippen molar-refractivity contribution in [1.82, 2.24) is 24.9 Å². The number of amides is 3. The predicted molar refractivity (Wildman–Crippen MR) is 168 cm³/mol. The molecular formula is C22H46N11O17Yb. The largest absolute Gasteiger partial charge is 3.00 e. The Balaban J connectivity index is -0.000000408. The number of nitrogens with two attached hydrogens (primary N) is 2. The van der Waals surface area contributed by atoms with Crippen molar-refractivity contribution in [3.63, 3.8) is 0 Å². The molecule has 51 heavy (non-hydrogen) atoms. The van der Waals surface area contributed by atoms with Gasteiger partial charge in [0, 0.05) is 58.9 Å². The smallest absolute Gasteiger partial charge is 0.826 e. The van der Waals surface area contributed by atoms with E-state index in [4.69, 9.17) is 66.9 Å². The van der Waals surface area contributed by atoms with Crippen LogP contribution in [0.2, 0.25) is 0 Å². The number of rotatable bonds is 4. The van der Waals surface area contributed by atoms with Crippen LogP contribution in [0.5, 0.6) is 0 Å². The minimum absolute atomic E-state index is 0. The Kier molecular flexibility index (Phi) is 40.8. The van der Waals surface area contributed by atoms with E-state index in [1.54, 1.807) is 0 Å². The molecule has 0 saturated carbocycles. The van der Waals surface area contributed by atoms with Crippen molar-refractivity contribution in [1.29, 1.82) is 0 Å². The molecule has 0 aromatic carbocycles. The molecule has 29 heteroatoms. The third kappa shape index (κ3) is 44.7. The molecule has 0 aliphatic carbocycles. The van der Waals surface area contributed by atoms with Crippen LogP contribution >= 0.6 is 0 Å². The van der Waals surface area contributed by atoms with Crippen molar-refractivity contribution in [3.05, 3.63) is 46.0 Å². The average molecular weight is 910 g/mol. The van der Waals surface area contributed by atoms with Gasteiger partial charge >= 0.3 is 46.9 Å². The zero-order valence-corrected chi connectivity index (χ0v) is 29.1. The topological polar surface area (TPSA) is 445 Å². The molecule has 0 spiro atoms. The van der Waals surface area contributed by atoms with Crippen LogP contribution in [0, 0.1) is 92.9 Å². The summed E-state index contributed by atoms with van der Waals surface area (Å²) in [5.41, 5.74) is 10.9. The molecule has 305 valence electrons. The molecule has 1 saturated heterocycles. The van der Waals surface area contributed by atoms with E-state index in [0.29, 0.717) is 91.9 Å². The molecule has 10 N–H and O–H groups in total. The number of fused-ring (bicyclic) bond motifs is 20. The zero-order chi connectivity index (χ0) is 36.9. The number of carbonyl (C=O) groups is 3. The minimum Gasteiger partial charge on any atom is -0.826 e. The Bertz CT molecular complexity index is 946. The summed E-state index contributed by atoms with van der Waals surface area (Å²) in [5, 5.41) is 59.7. The molecule has 3 rings (SSSR count). The SMILES string of the molecule is NC(=O)CN1CCN2CCN(CC(N)=O)CCN(CC1)CC([O-])=[NH+]CCOCCOCCNC(=O)C2.O.O.O=[N+]([O-])[O-].O=[N+]([O-])[O-].O=[N+]([O-])[O-].[Yb+3]. The van der Waals surface area contributed by atoms with Crippen LogP contribution < -0.4 is 26.9 Å². The summed E-state index contributed by atoms with van der Waals surface area (Å²) in [6, 6.07) is 0. The van der Waals surface area contributed by atoms with E-state index >= 15 is 0 Å². The quantitative estimate of drug-likeness (QED) is 0.116. The van der Waals surface area contributed by atoms with Crippen LogP contribution in [-0.2, 0) is 23.9 Å². The molecule has 1 fully saturated rings. The van der Waals surface area contributed by atoms with Crippen molar-refractivity contribution in [2.45, 2.75) is 0 Å². The summed E-state index contributed by atoms with van der Waals surface area (Å²) in [6.07, 6.45) is 0. The van der Waals surface area contributed by atoms with Crippen LogP contribution in [0.15, 0.2) is 0 Å². The molecule has 3 amide bonds. The first-order valence-corrected chi connectivity index (χ1v) is 14.1. The van der Waals surface area contributed by atoms with E-state index in [-0.39, 0.29) is 95.9 Å². The Labute approximate surface area is 329 Å². The fourth-order valence-electron chi connectivity index (χ4n) is 4.02. The van der Waals surface area contributed by atoms with Crippen molar-refractivity contribution in [3.8, 4) is 0 Å². The van der Waals surface area contributed by atoms with Crippen LogP contribution in [0.25, 0.3) is 0 Å². The maximum absolute atomic E-state index is 12.5. The first-order chi connectivity index (χ1) is 22.5. The van der Waals surface area contributed by atoms with Gasteiger partial charge < -0.3 is 88.3 Å². The molecule has 3 aliphatic rings. The van der Waals surface area contributed by atoms with Gasteiger partial charge in [0.05, 0.1) is 61.3 Å². The number of hydrogen-bond donors (Lipinski definition) is 4. The number of hydrogen-bond acceptors (Lipinski definition) is 19. The second-order valence-electron chi connectivity index (χ2n) is 9.63. The van der Waals surface area contributed by atoms with Crippen molar-refractivity contribution < 1.29 is 107 Å². The Morgan fingerprint density at radius 3 is 1.41 bits per heavy atom. The summed E-state index contributed by atoms with van der Waals surface area (Å²) in [6.45, 7) is 6.97. The third-order valence-corrected chi connectivity index (χ3v) is 5.93. The second kappa shape index (κ2) is 36.5. The number of nitrogens with zero attached hydrogens (tertiary/aromatic N) is 7. The predicted octanol–water partition coefficient (Wildman–Crippen LogP) is -9.19. The molecule has 3 heterocycles. The van der Waals surface area contributed by atoms with E-state index in [9.17, 15) is 19.5 Å². The molecule has 0 unspecified atom stereocenters. The molecule has 3 aliphatic heterocycles. The summed E-state index contributed by atoms with van der Waals surface area (Å²) >= 11 is 0. The molecule has 0 atom stereocenters. The second-order valence-corrected chi connectivity index (χ2v) is 9.63. The standard InChI is InChI=1S/C22H42N8O6.3NO3.2H2O.Yb/c23-19(31)15-27-3-7-29-8-4-28(16-20(24)32)6-10-30(9-5-27)18-22(34)26-2-12-36-14-13-35-11-1-25-21(33)17-29;3*2-1(3)4;;;/h1-18H2,(H2,23,31)(H2,24,32)(H,25,33)(H,26,34);;;;2*1H2;/q;3*-1;;;+3. The van der Waals surface area contributed by atoms with E-state index in [1.165, 1.54) is 0 Å². The number of primary amides is 2. The molecule has 2 bridgehead atoms. The Morgan fingerprint density at radius 1 is 0.686 bits per heavy atom. The van der Waals surface area contributed by atoms with Crippen molar-refractivity contribution in [2.24, 2.45) is 11.5 Å². The molecular weight excluding hydrogens is 863 g/mol. The monoisotopic (exact) mass is 910 g/mol. The van der Waals surface area contributed by atoms with Gasteiger partial charge in [0.2, 0.25) is 17.7 Å². The van der Waals surface area contributed by atoms with Gasteiger partial charge in [-0.25, -0.2) is 0 Å². The van der Waals surface area contributed by atoms with Crippen LogP contribution in [0.3, 0.4) is 0 Å². The Morgan fingerprint density at radius 2 is 1.04 bits per heavy atom. The van der Waals surface area contributed by atoms with E-state index in [1.807, 2.05) is 19.6 Å². The van der Waals surface area contributed by atoms with E-state index in [2.05, 4.69) is 10.3 Å². The van der Waals surface area contributed by atoms with Gasteiger partial charge in [-0.15, -0.1) is 0 Å². The third-order valence-electron chi connectivity index (χ3n) is 5.93. The van der Waals surface area contributed by atoms with Gasteiger partial charge in [-0.1, -0.05) is 0 Å². The maximum atomic E-state index is 12.5. The van der Waals surface area contributed by atoms with Crippen molar-refractivity contribution >= 4 is 23.6 Å². The maximum Gasteiger partial charge on any atom is 3.00 e. The normalized spacial score (nSPS) is 19.7. The summed E-state index contributed by atoms with van der Waals surface area (Å²) in [5.74, 6) is -1.14. The van der Waals surface area contributed by atoms with Gasteiger partial charge in [0.1, 0.15) is 12.5 Å². The van der Waals surface area contributed by atoms with Crippen LogP contribution in [0.4, 0.5) is 0 Å².